The third-order valence-corrected chi connectivity index (χ3v) is 9.25. The summed E-state index contributed by atoms with van der Waals surface area (Å²) in [5, 5.41) is 0.0558. The van der Waals surface area contributed by atoms with Gasteiger partial charge in [0.2, 0.25) is 27.5 Å². The second-order valence-corrected chi connectivity index (χ2v) is 11.6. The Kier molecular flexibility index (Phi) is 6.22. The summed E-state index contributed by atoms with van der Waals surface area (Å²) in [6.07, 6.45) is 6.99. The molecule has 2 radical (unpaired) electrons. The van der Waals surface area contributed by atoms with Gasteiger partial charge in [0.05, 0.1) is 18.0 Å². The molecular formula is C23H21Cl2N5O5S. The van der Waals surface area contributed by atoms with E-state index in [0.29, 0.717) is 18.4 Å². The molecule has 5 rings (SSSR count). The Labute approximate surface area is 218 Å². The van der Waals surface area contributed by atoms with Crippen molar-refractivity contribution in [2.24, 2.45) is 5.73 Å². The third kappa shape index (κ3) is 3.94. The Morgan fingerprint density at radius 3 is 2.58 bits per heavy atom. The van der Waals surface area contributed by atoms with Gasteiger partial charge in [-0.2, -0.15) is 4.31 Å². The zero-order valence-electron chi connectivity index (χ0n) is 18.8. The zero-order chi connectivity index (χ0) is 25.8. The fourth-order valence-electron chi connectivity index (χ4n) is 4.84. The van der Waals surface area contributed by atoms with Crippen molar-refractivity contribution in [1.82, 2.24) is 19.1 Å². The summed E-state index contributed by atoms with van der Waals surface area (Å²) < 4.78 is 28.7. The van der Waals surface area contributed by atoms with Crippen molar-refractivity contribution in [3.8, 4) is 0 Å². The van der Waals surface area contributed by atoms with Crippen molar-refractivity contribution in [3.05, 3.63) is 64.8 Å². The highest BCUT2D eigenvalue weighted by Crippen LogP contribution is 2.43. The van der Waals surface area contributed by atoms with Gasteiger partial charge in [0, 0.05) is 36.4 Å². The van der Waals surface area contributed by atoms with E-state index in [4.69, 9.17) is 28.9 Å². The van der Waals surface area contributed by atoms with Gasteiger partial charge < -0.3 is 15.5 Å². The summed E-state index contributed by atoms with van der Waals surface area (Å²) in [4.78, 5) is 46.3. The number of pyridine rings is 1. The number of amides is 3. The van der Waals surface area contributed by atoms with E-state index in [1.807, 2.05) is 0 Å². The number of hydrogen-bond acceptors (Lipinski definition) is 6. The molecule has 1 saturated carbocycles. The molecule has 2 aromatic rings. The Morgan fingerprint density at radius 1 is 1.22 bits per heavy atom. The lowest BCUT2D eigenvalue weighted by atomic mass is 9.91. The number of nitrogens with two attached hydrogens (primary N) is 1. The molecule has 1 aromatic heterocycles. The van der Waals surface area contributed by atoms with Crippen LogP contribution in [0.15, 0.2) is 47.6 Å². The fraction of sp³-hybridized carbons (Fsp3) is 0.348. The van der Waals surface area contributed by atoms with Crippen LogP contribution in [0.3, 0.4) is 0 Å². The summed E-state index contributed by atoms with van der Waals surface area (Å²) >= 11 is 12.2. The predicted octanol–water partition coefficient (Wildman–Crippen LogP) is 1.10. The number of primary amides is 1. The van der Waals surface area contributed by atoms with Crippen LogP contribution in [0.2, 0.25) is 10.0 Å². The topological polar surface area (TPSA) is 134 Å². The van der Waals surface area contributed by atoms with Crippen LogP contribution in [-0.2, 0) is 30.8 Å². The normalized spacial score (nSPS) is 25.1. The first-order valence-electron chi connectivity index (χ1n) is 11.1. The summed E-state index contributed by atoms with van der Waals surface area (Å²) in [5.41, 5.74) is 4.35. The summed E-state index contributed by atoms with van der Waals surface area (Å²) in [7, 11) is -4.51. The van der Waals surface area contributed by atoms with Crippen LogP contribution in [0.25, 0.3) is 0 Å². The number of halogens is 2. The first-order valence-corrected chi connectivity index (χ1v) is 13.3. The molecule has 2 atom stereocenters. The molecule has 10 nitrogen and oxygen atoms in total. The molecule has 3 fully saturated rings. The standard InChI is InChI=1S/C23H21Cl2N5O5S/c24-15-3-6-19(17(25)11-15)36(34,35)29-9-7-20(31)30-18(10-14-2-1-8-27-12-14)21(32)28(16-4-5-16)13-23(29,30)22(26)33/h1-3,6,8,11-12,16,18H,4-5,9-10,13H2,(H2,26,33). The number of piperazine rings is 1. The largest absolute Gasteiger partial charge is 0.366 e. The van der Waals surface area contributed by atoms with Crippen molar-refractivity contribution >= 4 is 50.9 Å². The second-order valence-electron chi connectivity index (χ2n) is 8.90. The first kappa shape index (κ1) is 24.9. The van der Waals surface area contributed by atoms with Gasteiger partial charge >= 0.3 is 0 Å². The van der Waals surface area contributed by atoms with E-state index >= 15 is 0 Å². The number of aromatic nitrogens is 1. The molecule has 1 aromatic carbocycles. The number of rotatable bonds is 6. The van der Waals surface area contributed by atoms with E-state index in [1.165, 1.54) is 23.1 Å². The van der Waals surface area contributed by atoms with Gasteiger partial charge in [-0.25, -0.2) is 8.42 Å². The highest BCUT2D eigenvalue weighted by atomic mass is 35.5. The number of nitrogens with zero attached hydrogens (tertiary/aromatic N) is 4. The average Bonchev–Trinajstić information content (AvgIpc) is 3.66. The van der Waals surface area contributed by atoms with Gasteiger partial charge in [-0.05, 0) is 42.7 Å². The molecule has 0 spiro atoms. The van der Waals surface area contributed by atoms with Crippen molar-refractivity contribution in [3.63, 3.8) is 0 Å². The van der Waals surface area contributed by atoms with Gasteiger partial charge in [-0.3, -0.25) is 19.4 Å². The average molecular weight is 550 g/mol. The smallest absolute Gasteiger partial charge is 0.261 e. The Hall–Kier alpha value is -2.73. The number of benzene rings is 1. The minimum Gasteiger partial charge on any atom is -0.366 e. The van der Waals surface area contributed by atoms with Gasteiger partial charge in [0.25, 0.3) is 5.91 Å². The van der Waals surface area contributed by atoms with E-state index in [0.717, 1.165) is 9.21 Å². The monoisotopic (exact) mass is 549 g/mol. The van der Waals surface area contributed by atoms with E-state index in [1.54, 1.807) is 24.5 Å². The highest BCUT2D eigenvalue weighted by molar-refractivity contribution is 7.89. The summed E-state index contributed by atoms with van der Waals surface area (Å²) in [6, 6.07) is 5.86. The molecule has 2 N–H and O–H groups in total. The minimum absolute atomic E-state index is 0.00787. The molecule has 1 aliphatic carbocycles. The van der Waals surface area contributed by atoms with E-state index < -0.39 is 52.5 Å². The lowest BCUT2D eigenvalue weighted by Crippen LogP contribution is -2.83. The van der Waals surface area contributed by atoms with Crippen LogP contribution in [0, 0.1) is 6.42 Å². The van der Waals surface area contributed by atoms with Crippen molar-refractivity contribution in [1.29, 1.82) is 0 Å². The Morgan fingerprint density at radius 2 is 1.97 bits per heavy atom. The highest BCUT2D eigenvalue weighted by Gasteiger charge is 2.65. The molecular weight excluding hydrogens is 529 g/mol. The predicted molar refractivity (Wildman–Crippen MR) is 129 cm³/mol. The maximum Gasteiger partial charge on any atom is 0.261 e. The van der Waals surface area contributed by atoms with Crippen molar-refractivity contribution in [2.75, 3.05) is 13.1 Å². The number of hydrogen-bond donors (Lipinski definition) is 1. The van der Waals surface area contributed by atoms with Gasteiger partial charge in [-0.1, -0.05) is 29.3 Å². The van der Waals surface area contributed by atoms with Crippen LogP contribution in [0.4, 0.5) is 0 Å². The SMILES string of the molecule is NC(=O)C12CN(C3CC3)C(=O)C(Cc3cccnc3)N1C(=O)[C]CN2S(=O)(=O)c1ccc(Cl)cc1Cl. The van der Waals surface area contributed by atoms with Gasteiger partial charge in [-0.15, -0.1) is 0 Å². The van der Waals surface area contributed by atoms with Crippen LogP contribution < -0.4 is 5.73 Å². The molecule has 13 heteroatoms. The Bertz CT molecular complexity index is 1350. The van der Waals surface area contributed by atoms with Crippen LogP contribution >= 0.6 is 23.2 Å². The van der Waals surface area contributed by atoms with Crippen molar-refractivity contribution in [2.45, 2.75) is 41.9 Å². The third-order valence-electron chi connectivity index (χ3n) is 6.67. The fourth-order valence-corrected chi connectivity index (χ4v) is 7.19. The Balaban J connectivity index is 1.68. The number of carbonyl (C=O) groups is 3. The summed E-state index contributed by atoms with van der Waals surface area (Å²) in [6.45, 7) is -0.945. The van der Waals surface area contributed by atoms with E-state index in [2.05, 4.69) is 11.4 Å². The first-order chi connectivity index (χ1) is 17.1. The molecule has 2 aliphatic heterocycles. The lowest BCUT2D eigenvalue weighted by Gasteiger charge is -2.57. The minimum atomic E-state index is -4.51. The summed E-state index contributed by atoms with van der Waals surface area (Å²) in [5.74, 6) is -2.25. The zero-order valence-corrected chi connectivity index (χ0v) is 21.1. The molecule has 36 heavy (non-hydrogen) atoms. The molecule has 3 heterocycles. The second kappa shape index (κ2) is 8.98. The van der Waals surface area contributed by atoms with Crippen LogP contribution in [0.1, 0.15) is 18.4 Å². The van der Waals surface area contributed by atoms with E-state index in [-0.39, 0.29) is 27.4 Å². The molecule has 188 valence electrons. The van der Waals surface area contributed by atoms with Crippen molar-refractivity contribution < 1.29 is 22.8 Å². The quantitative estimate of drug-likeness (QED) is 0.573. The van der Waals surface area contributed by atoms with Crippen LogP contribution in [0.5, 0.6) is 0 Å². The molecule has 2 saturated heterocycles. The maximum absolute atomic E-state index is 13.9. The van der Waals surface area contributed by atoms with Gasteiger partial charge in [0.1, 0.15) is 10.9 Å². The number of carbonyl (C=O) groups excluding carboxylic acids is 3. The van der Waals surface area contributed by atoms with E-state index in [9.17, 15) is 22.8 Å². The molecule has 3 amide bonds. The van der Waals surface area contributed by atoms with Crippen LogP contribution in [-0.4, -0.2) is 76.1 Å². The molecule has 3 aliphatic rings. The van der Waals surface area contributed by atoms with Gasteiger partial charge in [0.15, 0.2) is 0 Å². The lowest BCUT2D eigenvalue weighted by molar-refractivity contribution is -0.181. The molecule has 2 unspecified atom stereocenters. The maximum atomic E-state index is 13.9. The molecule has 0 bridgehead atoms. The number of sulfonamides is 1. The number of fused-ring (bicyclic) bond motifs is 1.